The number of piperidine rings is 1. The van der Waals surface area contributed by atoms with Crippen LogP contribution in [-0.2, 0) is 11.3 Å². The maximum Gasteiger partial charge on any atom is 0.254 e. The van der Waals surface area contributed by atoms with Gasteiger partial charge in [-0.05, 0) is 38.3 Å². The lowest BCUT2D eigenvalue weighted by atomic mass is 9.86. The Labute approximate surface area is 146 Å². The van der Waals surface area contributed by atoms with Crippen molar-refractivity contribution in [3.63, 3.8) is 0 Å². The van der Waals surface area contributed by atoms with Gasteiger partial charge in [-0.1, -0.05) is 23.4 Å². The highest BCUT2D eigenvalue weighted by Gasteiger charge is 2.45. The van der Waals surface area contributed by atoms with E-state index in [0.717, 1.165) is 12.8 Å². The molecule has 1 aromatic carbocycles. The van der Waals surface area contributed by atoms with Crippen LogP contribution in [0.2, 0.25) is 0 Å². The van der Waals surface area contributed by atoms with Crippen molar-refractivity contribution >= 4 is 11.8 Å². The van der Waals surface area contributed by atoms with Crippen LogP contribution in [0.15, 0.2) is 41.2 Å². The molecule has 0 spiro atoms. The molecule has 1 saturated heterocycles. The average molecular weight is 342 g/mol. The highest BCUT2D eigenvalue weighted by Crippen LogP contribution is 2.31. The van der Waals surface area contributed by atoms with Gasteiger partial charge < -0.3 is 14.3 Å². The van der Waals surface area contributed by atoms with Crippen molar-refractivity contribution in [2.75, 3.05) is 13.6 Å². The molecule has 2 heterocycles. The van der Waals surface area contributed by atoms with E-state index in [-0.39, 0.29) is 18.4 Å². The molecule has 0 bridgehead atoms. The first-order valence-electron chi connectivity index (χ1n) is 8.40. The van der Waals surface area contributed by atoms with Gasteiger partial charge in [-0.25, -0.2) is 0 Å². The Morgan fingerprint density at radius 1 is 1.28 bits per heavy atom. The van der Waals surface area contributed by atoms with Crippen LogP contribution in [0.1, 0.15) is 42.4 Å². The predicted octanol–water partition coefficient (Wildman–Crippen LogP) is 2.11. The molecular weight excluding hydrogens is 320 g/mol. The van der Waals surface area contributed by atoms with Crippen LogP contribution in [-0.4, -0.2) is 50.9 Å². The monoisotopic (exact) mass is 342 g/mol. The number of rotatable bonds is 4. The summed E-state index contributed by atoms with van der Waals surface area (Å²) in [7, 11) is 1.70. The molecule has 1 aliphatic heterocycles. The molecule has 1 aromatic heterocycles. The Morgan fingerprint density at radius 3 is 2.72 bits per heavy atom. The minimum atomic E-state index is -0.871. The second-order valence-electron chi connectivity index (χ2n) is 6.56. The first-order valence-corrected chi connectivity index (χ1v) is 8.40. The molecule has 0 radical (unpaired) electrons. The fraction of sp³-hybridized carbons (Fsp3) is 0.444. The molecule has 1 fully saturated rings. The quantitative estimate of drug-likeness (QED) is 0.850. The van der Waals surface area contributed by atoms with Crippen LogP contribution in [0.4, 0.5) is 0 Å². The molecule has 25 heavy (non-hydrogen) atoms. The Morgan fingerprint density at radius 2 is 2.04 bits per heavy atom. The maximum absolute atomic E-state index is 13.1. The van der Waals surface area contributed by atoms with Crippen LogP contribution < -0.4 is 0 Å². The van der Waals surface area contributed by atoms with Crippen molar-refractivity contribution in [1.82, 2.24) is 19.9 Å². The van der Waals surface area contributed by atoms with Crippen molar-refractivity contribution in [3.8, 4) is 0 Å². The average Bonchev–Trinajstić information content (AvgIpc) is 3.14. The third kappa shape index (κ3) is 3.40. The lowest BCUT2D eigenvalue weighted by Gasteiger charge is -2.45. The maximum atomic E-state index is 13.1. The molecule has 132 valence electrons. The molecule has 7 nitrogen and oxygen atoms in total. The van der Waals surface area contributed by atoms with E-state index < -0.39 is 5.54 Å². The standard InChI is InChI=1S/C18H22N4O3/c1-18(17(24)21(2)12-15-19-13-25-20-15)10-6-7-11-22(18)16(23)14-8-4-3-5-9-14/h3-5,8-9,13H,6-7,10-12H2,1-2H3/t18-/m0/s1. The SMILES string of the molecule is CN(Cc1ncon1)C(=O)[C@]1(C)CCCCN1C(=O)c1ccccc1. The zero-order valence-electron chi connectivity index (χ0n) is 14.5. The summed E-state index contributed by atoms with van der Waals surface area (Å²) in [6, 6.07) is 9.10. The molecule has 2 aromatic rings. The molecule has 0 aliphatic carbocycles. The van der Waals surface area contributed by atoms with Crippen molar-refractivity contribution in [1.29, 1.82) is 0 Å². The number of likely N-dealkylation sites (tertiary alicyclic amines) is 1. The largest absolute Gasteiger partial charge is 0.343 e. The van der Waals surface area contributed by atoms with E-state index in [1.165, 1.54) is 6.39 Å². The number of aromatic nitrogens is 2. The van der Waals surface area contributed by atoms with Gasteiger partial charge in [0, 0.05) is 19.2 Å². The predicted molar refractivity (Wildman–Crippen MR) is 90.5 cm³/mol. The highest BCUT2D eigenvalue weighted by molar-refractivity contribution is 5.99. The molecule has 0 unspecified atom stereocenters. The van der Waals surface area contributed by atoms with E-state index in [1.54, 1.807) is 29.0 Å². The summed E-state index contributed by atoms with van der Waals surface area (Å²) in [5.74, 6) is 0.224. The first kappa shape index (κ1) is 17.1. The lowest BCUT2D eigenvalue weighted by molar-refractivity contribution is -0.143. The molecule has 3 rings (SSSR count). The fourth-order valence-corrected chi connectivity index (χ4v) is 3.36. The number of benzene rings is 1. The highest BCUT2D eigenvalue weighted by atomic mass is 16.5. The van der Waals surface area contributed by atoms with Gasteiger partial charge in [0.05, 0.1) is 6.54 Å². The van der Waals surface area contributed by atoms with Gasteiger partial charge in [0.25, 0.3) is 5.91 Å². The lowest BCUT2D eigenvalue weighted by Crippen LogP contribution is -2.61. The topological polar surface area (TPSA) is 79.5 Å². The van der Waals surface area contributed by atoms with Gasteiger partial charge in [0.15, 0.2) is 5.82 Å². The zero-order chi connectivity index (χ0) is 17.9. The number of nitrogens with zero attached hydrogens (tertiary/aromatic N) is 4. The molecule has 2 amide bonds. The van der Waals surface area contributed by atoms with Gasteiger partial charge in [0.1, 0.15) is 5.54 Å². The van der Waals surface area contributed by atoms with Crippen LogP contribution >= 0.6 is 0 Å². The Balaban J connectivity index is 1.82. The van der Waals surface area contributed by atoms with E-state index in [0.29, 0.717) is 24.4 Å². The second-order valence-corrected chi connectivity index (χ2v) is 6.56. The number of likely N-dealkylation sites (N-methyl/N-ethyl adjacent to an activating group) is 1. The van der Waals surface area contributed by atoms with Crippen molar-refractivity contribution < 1.29 is 14.1 Å². The van der Waals surface area contributed by atoms with Crippen LogP contribution in [0.25, 0.3) is 0 Å². The minimum Gasteiger partial charge on any atom is -0.343 e. The molecule has 1 aliphatic rings. The third-order valence-electron chi connectivity index (χ3n) is 4.75. The van der Waals surface area contributed by atoms with Crippen LogP contribution in [0.5, 0.6) is 0 Å². The molecular formula is C18H22N4O3. The normalized spacial score (nSPS) is 20.3. The van der Waals surface area contributed by atoms with E-state index >= 15 is 0 Å². The fourth-order valence-electron chi connectivity index (χ4n) is 3.36. The number of hydrogen-bond donors (Lipinski definition) is 0. The van der Waals surface area contributed by atoms with E-state index in [2.05, 4.69) is 10.1 Å². The zero-order valence-corrected chi connectivity index (χ0v) is 14.5. The van der Waals surface area contributed by atoms with Gasteiger partial charge in [-0.15, -0.1) is 0 Å². The summed E-state index contributed by atoms with van der Waals surface area (Å²) in [4.78, 5) is 33.3. The third-order valence-corrected chi connectivity index (χ3v) is 4.75. The summed E-state index contributed by atoms with van der Waals surface area (Å²) in [5.41, 5.74) is -0.270. The molecule has 0 saturated carbocycles. The van der Waals surface area contributed by atoms with Crippen molar-refractivity contribution in [2.45, 2.75) is 38.3 Å². The van der Waals surface area contributed by atoms with E-state index in [1.807, 2.05) is 25.1 Å². The van der Waals surface area contributed by atoms with Crippen molar-refractivity contribution in [2.24, 2.45) is 0 Å². The smallest absolute Gasteiger partial charge is 0.254 e. The Bertz CT molecular complexity index is 732. The van der Waals surface area contributed by atoms with Gasteiger partial charge in [0.2, 0.25) is 12.3 Å². The van der Waals surface area contributed by atoms with E-state index in [4.69, 9.17) is 4.52 Å². The first-order chi connectivity index (χ1) is 12.0. The summed E-state index contributed by atoms with van der Waals surface area (Å²) >= 11 is 0. The van der Waals surface area contributed by atoms with Crippen molar-refractivity contribution in [3.05, 3.63) is 48.1 Å². The van der Waals surface area contributed by atoms with Gasteiger partial charge in [-0.2, -0.15) is 4.98 Å². The summed E-state index contributed by atoms with van der Waals surface area (Å²) in [6.45, 7) is 2.67. The van der Waals surface area contributed by atoms with Gasteiger partial charge >= 0.3 is 0 Å². The Kier molecular flexibility index (Phi) is 4.83. The second kappa shape index (κ2) is 7.04. The minimum absolute atomic E-state index is 0.107. The number of amides is 2. The number of hydrogen-bond acceptors (Lipinski definition) is 5. The molecule has 0 N–H and O–H groups in total. The summed E-state index contributed by atoms with van der Waals surface area (Å²) < 4.78 is 4.72. The summed E-state index contributed by atoms with van der Waals surface area (Å²) in [6.07, 6.45) is 3.69. The number of carbonyl (C=O) groups is 2. The Hall–Kier alpha value is -2.70. The summed E-state index contributed by atoms with van der Waals surface area (Å²) in [5, 5.41) is 3.75. The molecule has 1 atom stereocenters. The molecule has 7 heteroatoms. The van der Waals surface area contributed by atoms with Gasteiger partial charge in [-0.3, -0.25) is 9.59 Å². The van der Waals surface area contributed by atoms with Crippen LogP contribution in [0.3, 0.4) is 0 Å². The van der Waals surface area contributed by atoms with Crippen LogP contribution in [0, 0.1) is 0 Å². The van der Waals surface area contributed by atoms with E-state index in [9.17, 15) is 9.59 Å². The number of carbonyl (C=O) groups excluding carboxylic acids is 2.